The molecule has 0 amide bonds. The van der Waals surface area contributed by atoms with Crippen molar-refractivity contribution in [1.29, 1.82) is 0 Å². The van der Waals surface area contributed by atoms with E-state index in [1.54, 1.807) is 0 Å². The number of pyridine rings is 1. The topological polar surface area (TPSA) is 7.12 Å². The normalized spacial score (nSPS) is 11.5. The first-order valence-electron chi connectivity index (χ1n) is 11.5. The molecule has 0 N–H and O–H groups in total. The zero-order valence-electron chi connectivity index (χ0n) is 19.6. The second-order valence-electron chi connectivity index (χ2n) is 7.83. The Morgan fingerprint density at radius 3 is 1.73 bits per heavy atom. The van der Waals surface area contributed by atoms with Crippen molar-refractivity contribution in [1.82, 2.24) is 0 Å². The van der Waals surface area contributed by atoms with Gasteiger partial charge in [0.15, 0.2) is 18.9 Å². The summed E-state index contributed by atoms with van der Waals surface area (Å²) >= 11 is 0. The molecule has 0 saturated carbocycles. The minimum atomic E-state index is 0. The molecule has 0 saturated heterocycles. The Kier molecular flexibility index (Phi) is 12.0. The van der Waals surface area contributed by atoms with Gasteiger partial charge in [0.05, 0.1) is 32.6 Å². The zero-order chi connectivity index (χ0) is 21.1. The maximum absolute atomic E-state index is 2.37. The Bertz CT molecular complexity index is 722. The van der Waals surface area contributed by atoms with Crippen LogP contribution < -0.4 is 26.4 Å². The van der Waals surface area contributed by atoms with Crippen molar-refractivity contribution in [3.8, 4) is 0 Å². The molecule has 0 unspecified atom stereocenters. The largest absolute Gasteiger partial charge is 1.00 e. The fraction of sp³-hybridized carbons (Fsp3) is 0.500. The molecule has 1 heterocycles. The van der Waals surface area contributed by atoms with Gasteiger partial charge in [0.1, 0.15) is 0 Å². The summed E-state index contributed by atoms with van der Waals surface area (Å²) in [6.07, 6.45) is 10.0. The number of aryl methyl sites for hydroxylation is 1. The number of aromatic nitrogens is 1. The van der Waals surface area contributed by atoms with Gasteiger partial charge in [0.25, 0.3) is 0 Å². The standard InChI is InChI=1S/C26H41N3.BrH/c1-6-28(7-2)26-16-14-24(15-17-26)12-13-25-18-21-27(22-19-25)20-11-23-29(8-3,9-4)10-5;/h12-19,21-22H,6-11,20,23H2,1-5H3;1H/q+2;/p-1. The van der Waals surface area contributed by atoms with Gasteiger partial charge < -0.3 is 26.4 Å². The summed E-state index contributed by atoms with van der Waals surface area (Å²) < 4.78 is 3.54. The van der Waals surface area contributed by atoms with Gasteiger partial charge in [-0.15, -0.1) is 0 Å². The summed E-state index contributed by atoms with van der Waals surface area (Å²) in [4.78, 5) is 2.37. The summed E-state index contributed by atoms with van der Waals surface area (Å²) in [5, 5.41) is 0. The Labute approximate surface area is 195 Å². The number of benzene rings is 1. The molecule has 0 fully saturated rings. The minimum absolute atomic E-state index is 0. The van der Waals surface area contributed by atoms with Crippen LogP contribution in [0, 0.1) is 0 Å². The summed E-state index contributed by atoms with van der Waals surface area (Å²) in [5.41, 5.74) is 3.78. The zero-order valence-corrected chi connectivity index (χ0v) is 21.2. The molecule has 4 heteroatoms. The Morgan fingerprint density at radius 1 is 0.767 bits per heavy atom. The van der Waals surface area contributed by atoms with E-state index >= 15 is 0 Å². The van der Waals surface area contributed by atoms with Crippen molar-refractivity contribution in [2.45, 2.75) is 47.6 Å². The molecule has 0 aliphatic rings. The van der Waals surface area contributed by atoms with Gasteiger partial charge in [-0.05, 0) is 57.9 Å². The molecule has 0 radical (unpaired) electrons. The monoisotopic (exact) mass is 474 g/mol. The van der Waals surface area contributed by atoms with E-state index in [1.807, 2.05) is 0 Å². The molecule has 1 aromatic heterocycles. The predicted octanol–water partition coefficient (Wildman–Crippen LogP) is 2.26. The lowest BCUT2D eigenvalue weighted by atomic mass is 10.1. The van der Waals surface area contributed by atoms with E-state index in [2.05, 4.69) is 105 Å². The lowest BCUT2D eigenvalue weighted by Gasteiger charge is -2.35. The number of rotatable bonds is 12. The van der Waals surface area contributed by atoms with Crippen LogP contribution in [0.25, 0.3) is 12.2 Å². The van der Waals surface area contributed by atoms with Gasteiger partial charge >= 0.3 is 0 Å². The fourth-order valence-corrected chi connectivity index (χ4v) is 4.04. The van der Waals surface area contributed by atoms with Gasteiger partial charge in [-0.1, -0.05) is 24.3 Å². The van der Waals surface area contributed by atoms with E-state index < -0.39 is 0 Å². The molecule has 166 valence electrons. The maximum Gasteiger partial charge on any atom is 0.169 e. The van der Waals surface area contributed by atoms with Gasteiger partial charge in [-0.25, -0.2) is 4.57 Å². The van der Waals surface area contributed by atoms with E-state index in [-0.39, 0.29) is 17.0 Å². The second kappa shape index (κ2) is 13.6. The molecule has 0 aliphatic carbocycles. The van der Waals surface area contributed by atoms with Gasteiger partial charge in [-0.3, -0.25) is 0 Å². The Hall–Kier alpha value is -1.65. The van der Waals surface area contributed by atoms with Crippen LogP contribution in [0.1, 0.15) is 52.2 Å². The molecule has 2 rings (SSSR count). The van der Waals surface area contributed by atoms with Crippen LogP contribution in [0.5, 0.6) is 0 Å². The van der Waals surface area contributed by atoms with E-state index in [0.717, 1.165) is 19.6 Å². The van der Waals surface area contributed by atoms with Crippen LogP contribution in [-0.2, 0) is 6.54 Å². The van der Waals surface area contributed by atoms with Crippen molar-refractivity contribution < 1.29 is 26.0 Å². The third-order valence-corrected chi connectivity index (χ3v) is 6.47. The molecular formula is C26H41BrN3+. The van der Waals surface area contributed by atoms with E-state index in [1.165, 1.54) is 53.9 Å². The minimum Gasteiger partial charge on any atom is -1.00 e. The quantitative estimate of drug-likeness (QED) is 0.338. The van der Waals surface area contributed by atoms with E-state index in [9.17, 15) is 0 Å². The summed E-state index contributed by atoms with van der Waals surface area (Å²) in [6, 6.07) is 13.3. The average Bonchev–Trinajstić information content (AvgIpc) is 2.78. The van der Waals surface area contributed by atoms with Crippen LogP contribution in [0.2, 0.25) is 0 Å². The van der Waals surface area contributed by atoms with Crippen LogP contribution in [0.4, 0.5) is 5.69 Å². The SMILES string of the molecule is CCN(CC)c1ccc(/C=C/c2cc[n+](CCC[N+](CC)(CC)CC)cc2)cc1.[Br-]. The van der Waals surface area contributed by atoms with Gasteiger partial charge in [0.2, 0.25) is 0 Å². The third kappa shape index (κ3) is 7.55. The van der Waals surface area contributed by atoms with Crippen LogP contribution in [0.3, 0.4) is 0 Å². The van der Waals surface area contributed by atoms with E-state index in [4.69, 9.17) is 0 Å². The lowest BCUT2D eigenvalue weighted by Crippen LogP contribution is -3.00. The van der Waals surface area contributed by atoms with Crippen LogP contribution in [0.15, 0.2) is 48.8 Å². The Morgan fingerprint density at radius 2 is 1.27 bits per heavy atom. The van der Waals surface area contributed by atoms with Crippen molar-refractivity contribution in [3.63, 3.8) is 0 Å². The summed E-state index contributed by atoms with van der Waals surface area (Å²) in [5.74, 6) is 0. The van der Waals surface area contributed by atoms with Gasteiger partial charge in [-0.2, -0.15) is 0 Å². The number of nitrogens with zero attached hydrogens (tertiary/aromatic N) is 3. The van der Waals surface area contributed by atoms with Crippen molar-refractivity contribution in [3.05, 3.63) is 59.9 Å². The van der Waals surface area contributed by atoms with Crippen LogP contribution >= 0.6 is 0 Å². The Balaban J connectivity index is 0.00000450. The maximum atomic E-state index is 2.37. The molecule has 3 nitrogen and oxygen atoms in total. The first-order valence-corrected chi connectivity index (χ1v) is 11.5. The molecule has 1 aromatic carbocycles. The molecule has 0 bridgehead atoms. The van der Waals surface area contributed by atoms with Gasteiger partial charge in [0, 0.05) is 30.9 Å². The second-order valence-corrected chi connectivity index (χ2v) is 7.83. The van der Waals surface area contributed by atoms with E-state index in [0.29, 0.717) is 0 Å². The predicted molar refractivity (Wildman–Crippen MR) is 127 cm³/mol. The highest BCUT2D eigenvalue weighted by Gasteiger charge is 2.20. The molecular weight excluding hydrogens is 434 g/mol. The smallest absolute Gasteiger partial charge is 0.169 e. The average molecular weight is 476 g/mol. The van der Waals surface area contributed by atoms with Crippen molar-refractivity contribution in [2.24, 2.45) is 0 Å². The van der Waals surface area contributed by atoms with Crippen molar-refractivity contribution in [2.75, 3.05) is 44.2 Å². The third-order valence-electron chi connectivity index (χ3n) is 6.47. The highest BCUT2D eigenvalue weighted by Crippen LogP contribution is 2.16. The summed E-state index contributed by atoms with van der Waals surface area (Å²) in [6.45, 7) is 19.5. The first-order chi connectivity index (χ1) is 14.1. The molecule has 0 atom stereocenters. The molecule has 2 aromatic rings. The fourth-order valence-electron chi connectivity index (χ4n) is 4.04. The lowest BCUT2D eigenvalue weighted by molar-refractivity contribution is -0.925. The highest BCUT2D eigenvalue weighted by molar-refractivity contribution is 5.70. The molecule has 0 aliphatic heterocycles. The number of anilines is 1. The highest BCUT2D eigenvalue weighted by atomic mass is 79.9. The number of hydrogen-bond donors (Lipinski definition) is 0. The first kappa shape index (κ1) is 26.4. The van der Waals surface area contributed by atoms with Crippen molar-refractivity contribution >= 4 is 17.8 Å². The number of hydrogen-bond acceptors (Lipinski definition) is 1. The molecule has 0 spiro atoms. The molecule has 30 heavy (non-hydrogen) atoms. The summed E-state index contributed by atoms with van der Waals surface area (Å²) in [7, 11) is 0. The van der Waals surface area contributed by atoms with Crippen LogP contribution in [-0.4, -0.2) is 43.8 Å². The number of halogens is 1. The number of quaternary nitrogens is 1.